The van der Waals surface area contributed by atoms with Crippen molar-refractivity contribution in [3.8, 4) is 0 Å². The fourth-order valence-electron chi connectivity index (χ4n) is 4.29. The molecule has 5 nitrogen and oxygen atoms in total. The zero-order chi connectivity index (χ0) is 19.8. The zero-order valence-electron chi connectivity index (χ0n) is 16.5. The first-order valence-corrected chi connectivity index (χ1v) is 11.4. The summed E-state index contributed by atoms with van der Waals surface area (Å²) in [5, 5.41) is 0.794. The minimum Gasteiger partial charge on any atom is -0.335 e. The lowest BCUT2D eigenvalue weighted by Gasteiger charge is -2.23. The van der Waals surface area contributed by atoms with E-state index in [9.17, 15) is 9.59 Å². The number of nitrogens with zero attached hydrogens (tertiary/aromatic N) is 3. The number of hydrogen-bond acceptors (Lipinski definition) is 4. The number of thiophene rings is 1. The summed E-state index contributed by atoms with van der Waals surface area (Å²) in [4.78, 5) is 34.7. The minimum absolute atomic E-state index is 0.0169. The van der Waals surface area contributed by atoms with Gasteiger partial charge in [-0.25, -0.2) is 4.98 Å². The van der Waals surface area contributed by atoms with Crippen molar-refractivity contribution in [2.75, 3.05) is 0 Å². The number of rotatable bonds is 6. The fraction of sp³-hybridized carbons (Fsp3) is 0.435. The van der Waals surface area contributed by atoms with E-state index in [1.165, 1.54) is 16.9 Å². The molecule has 1 amide bonds. The largest absolute Gasteiger partial charge is 0.335 e. The Kier molecular flexibility index (Phi) is 4.96. The van der Waals surface area contributed by atoms with E-state index in [-0.39, 0.29) is 11.5 Å². The van der Waals surface area contributed by atoms with Crippen molar-refractivity contribution in [2.45, 2.75) is 64.1 Å². The second-order valence-electron chi connectivity index (χ2n) is 8.12. The molecule has 6 heteroatoms. The van der Waals surface area contributed by atoms with Crippen molar-refractivity contribution in [1.29, 1.82) is 0 Å². The monoisotopic (exact) mass is 407 g/mol. The van der Waals surface area contributed by atoms with Crippen LogP contribution in [0, 0.1) is 0 Å². The van der Waals surface area contributed by atoms with Crippen LogP contribution in [-0.2, 0) is 30.7 Å². The van der Waals surface area contributed by atoms with Gasteiger partial charge in [0.1, 0.15) is 4.83 Å². The molecule has 1 aromatic carbocycles. The molecular formula is C23H25N3O2S. The highest BCUT2D eigenvalue weighted by Crippen LogP contribution is 2.33. The van der Waals surface area contributed by atoms with Crippen molar-refractivity contribution in [1.82, 2.24) is 14.5 Å². The molecule has 150 valence electrons. The van der Waals surface area contributed by atoms with E-state index >= 15 is 0 Å². The highest BCUT2D eigenvalue weighted by atomic mass is 32.1. The smallest absolute Gasteiger partial charge is 0.262 e. The molecule has 0 radical (unpaired) electrons. The van der Waals surface area contributed by atoms with Crippen LogP contribution >= 0.6 is 11.3 Å². The zero-order valence-corrected chi connectivity index (χ0v) is 17.3. The molecule has 0 aliphatic heterocycles. The Hall–Kier alpha value is -2.47. The van der Waals surface area contributed by atoms with Crippen molar-refractivity contribution in [2.24, 2.45) is 0 Å². The van der Waals surface area contributed by atoms with Crippen LogP contribution in [0.3, 0.4) is 0 Å². The topological polar surface area (TPSA) is 55.2 Å². The van der Waals surface area contributed by atoms with Crippen LogP contribution < -0.4 is 5.56 Å². The van der Waals surface area contributed by atoms with Gasteiger partial charge in [0.15, 0.2) is 0 Å². The molecule has 2 aliphatic carbocycles. The predicted octanol–water partition coefficient (Wildman–Crippen LogP) is 3.92. The first kappa shape index (κ1) is 18.6. The average Bonchev–Trinajstić information content (AvgIpc) is 3.51. The van der Waals surface area contributed by atoms with Gasteiger partial charge < -0.3 is 4.90 Å². The molecule has 0 bridgehead atoms. The summed E-state index contributed by atoms with van der Waals surface area (Å²) in [6, 6.07) is 10.5. The number of aromatic nitrogens is 2. The van der Waals surface area contributed by atoms with Crippen molar-refractivity contribution >= 4 is 27.5 Å². The second kappa shape index (κ2) is 7.75. The van der Waals surface area contributed by atoms with Gasteiger partial charge in [-0.2, -0.15) is 0 Å². The molecule has 2 heterocycles. The molecule has 1 fully saturated rings. The molecule has 0 unspecified atom stereocenters. The summed E-state index contributed by atoms with van der Waals surface area (Å²) >= 11 is 1.67. The summed E-state index contributed by atoms with van der Waals surface area (Å²) in [7, 11) is 0. The molecule has 3 aromatic rings. The molecule has 29 heavy (non-hydrogen) atoms. The maximum Gasteiger partial charge on any atom is 0.262 e. The Morgan fingerprint density at radius 3 is 2.76 bits per heavy atom. The molecule has 0 spiro atoms. The van der Waals surface area contributed by atoms with Gasteiger partial charge in [0.05, 0.1) is 11.7 Å². The molecule has 0 atom stereocenters. The van der Waals surface area contributed by atoms with E-state index in [1.54, 1.807) is 22.2 Å². The van der Waals surface area contributed by atoms with Crippen molar-refractivity contribution in [3.05, 3.63) is 63.0 Å². The number of amides is 1. The minimum atomic E-state index is 0.0169. The van der Waals surface area contributed by atoms with Crippen LogP contribution in [0.15, 0.2) is 41.5 Å². The second-order valence-corrected chi connectivity index (χ2v) is 9.21. The third-order valence-electron chi connectivity index (χ3n) is 6.01. The van der Waals surface area contributed by atoms with Crippen LogP contribution in [-0.4, -0.2) is 26.4 Å². The highest BCUT2D eigenvalue weighted by Gasteiger charge is 2.32. The molecule has 2 aromatic heterocycles. The molecule has 2 aliphatic rings. The van der Waals surface area contributed by atoms with Crippen LogP contribution in [0.4, 0.5) is 0 Å². The maximum atomic E-state index is 13.1. The van der Waals surface area contributed by atoms with Gasteiger partial charge in [0.25, 0.3) is 5.56 Å². The van der Waals surface area contributed by atoms with E-state index in [0.29, 0.717) is 25.6 Å². The number of fused-ring (bicyclic) bond motifs is 3. The van der Waals surface area contributed by atoms with E-state index in [4.69, 9.17) is 0 Å². The lowest BCUT2D eigenvalue weighted by molar-refractivity contribution is -0.132. The number of hydrogen-bond donors (Lipinski definition) is 0. The van der Waals surface area contributed by atoms with Gasteiger partial charge in [-0.1, -0.05) is 30.3 Å². The van der Waals surface area contributed by atoms with E-state index < -0.39 is 0 Å². The Labute approximate surface area is 174 Å². The molecule has 1 saturated carbocycles. The lowest BCUT2D eigenvalue weighted by Crippen LogP contribution is -2.34. The van der Waals surface area contributed by atoms with Crippen LogP contribution in [0.2, 0.25) is 0 Å². The van der Waals surface area contributed by atoms with Gasteiger partial charge in [-0.3, -0.25) is 14.2 Å². The number of aryl methyl sites for hydroxylation is 3. The molecule has 0 N–H and O–H groups in total. The van der Waals surface area contributed by atoms with E-state index in [0.717, 1.165) is 47.9 Å². The molecule has 0 saturated heterocycles. The number of carbonyl (C=O) groups excluding carboxylic acids is 1. The SMILES string of the molecule is O=C(CCn1cnc2sc3c(c2c1=O)CCCC3)N(Cc1ccccc1)C1CC1. The van der Waals surface area contributed by atoms with E-state index in [1.807, 2.05) is 23.1 Å². The first-order valence-electron chi connectivity index (χ1n) is 10.5. The standard InChI is InChI=1S/C23H25N3O2S/c27-20(26(17-10-11-17)14-16-6-2-1-3-7-16)12-13-25-15-24-22-21(23(25)28)18-8-4-5-9-19(18)29-22/h1-3,6-7,15,17H,4-5,8-14H2. The van der Waals surface area contributed by atoms with E-state index in [2.05, 4.69) is 17.1 Å². The normalized spacial score (nSPS) is 16.0. The van der Waals surface area contributed by atoms with Gasteiger partial charge in [0, 0.05) is 30.4 Å². The van der Waals surface area contributed by atoms with Crippen LogP contribution in [0.1, 0.15) is 48.1 Å². The van der Waals surface area contributed by atoms with Gasteiger partial charge in [-0.05, 0) is 49.7 Å². The summed E-state index contributed by atoms with van der Waals surface area (Å²) < 4.78 is 1.63. The first-order chi connectivity index (χ1) is 14.2. The van der Waals surface area contributed by atoms with Crippen molar-refractivity contribution in [3.63, 3.8) is 0 Å². The summed E-state index contributed by atoms with van der Waals surface area (Å²) in [5.74, 6) is 0.121. The summed E-state index contributed by atoms with van der Waals surface area (Å²) in [6.45, 7) is 1.04. The third kappa shape index (κ3) is 3.73. The Morgan fingerprint density at radius 2 is 1.97 bits per heavy atom. The Bertz CT molecular complexity index is 1100. The van der Waals surface area contributed by atoms with Gasteiger partial charge in [0.2, 0.25) is 5.91 Å². The van der Waals surface area contributed by atoms with Crippen molar-refractivity contribution < 1.29 is 4.79 Å². The molecular weight excluding hydrogens is 382 g/mol. The summed E-state index contributed by atoms with van der Waals surface area (Å²) in [6.07, 6.45) is 8.48. The highest BCUT2D eigenvalue weighted by molar-refractivity contribution is 7.18. The van der Waals surface area contributed by atoms with Crippen LogP contribution in [0.25, 0.3) is 10.2 Å². The quantitative estimate of drug-likeness (QED) is 0.622. The third-order valence-corrected chi connectivity index (χ3v) is 7.21. The molecule has 5 rings (SSSR count). The maximum absolute atomic E-state index is 13.1. The predicted molar refractivity (Wildman–Crippen MR) is 115 cm³/mol. The lowest BCUT2D eigenvalue weighted by atomic mass is 9.97. The Balaban J connectivity index is 1.33. The van der Waals surface area contributed by atoms with Crippen LogP contribution in [0.5, 0.6) is 0 Å². The Morgan fingerprint density at radius 1 is 1.17 bits per heavy atom. The number of carbonyl (C=O) groups is 1. The van der Waals surface area contributed by atoms with Gasteiger partial charge in [-0.15, -0.1) is 11.3 Å². The van der Waals surface area contributed by atoms with Gasteiger partial charge >= 0.3 is 0 Å². The number of benzene rings is 1. The average molecular weight is 408 g/mol. The summed E-state index contributed by atoms with van der Waals surface area (Å²) in [5.41, 5.74) is 2.37. The fourth-order valence-corrected chi connectivity index (χ4v) is 5.51.